The van der Waals surface area contributed by atoms with Gasteiger partial charge < -0.3 is 20.5 Å². The first-order valence-corrected chi connectivity index (χ1v) is 7.23. The number of rotatable bonds is 6. The molecule has 1 aromatic carbocycles. The van der Waals surface area contributed by atoms with Gasteiger partial charge in [0.2, 0.25) is 5.91 Å². The van der Waals surface area contributed by atoms with Gasteiger partial charge in [-0.15, -0.1) is 0 Å². The van der Waals surface area contributed by atoms with Crippen molar-refractivity contribution in [3.05, 3.63) is 35.5 Å². The fourth-order valence-corrected chi connectivity index (χ4v) is 2.23. The lowest BCUT2D eigenvalue weighted by atomic mass is 10.2. The number of halogens is 3. The summed E-state index contributed by atoms with van der Waals surface area (Å²) in [5.74, 6) is -2.84. The summed E-state index contributed by atoms with van der Waals surface area (Å²) in [7, 11) is 2.11. The van der Waals surface area contributed by atoms with Crippen LogP contribution < -0.4 is 11.1 Å². The van der Waals surface area contributed by atoms with Crippen LogP contribution in [0.3, 0.4) is 0 Å². The highest BCUT2D eigenvalue weighted by Crippen LogP contribution is 2.38. The van der Waals surface area contributed by atoms with Crippen LogP contribution in [-0.2, 0) is 19.1 Å². The molecule has 1 rings (SSSR count). The summed E-state index contributed by atoms with van der Waals surface area (Å²) in [6.07, 6.45) is 0.749. The second-order valence-corrected chi connectivity index (χ2v) is 5.49. The number of nitrogens with one attached hydrogen (secondary N) is 1. The number of hydrogen-bond acceptors (Lipinski definition) is 7. The van der Waals surface area contributed by atoms with Crippen LogP contribution in [-0.4, -0.2) is 37.6 Å². The molecule has 136 valence electrons. The maximum atomic E-state index is 12.5. The number of amides is 1. The highest BCUT2D eigenvalue weighted by molar-refractivity contribution is 8.00. The molecule has 25 heavy (non-hydrogen) atoms. The van der Waals surface area contributed by atoms with Crippen molar-refractivity contribution in [1.29, 1.82) is 0 Å². The number of carbonyl (C=O) groups is 3. The van der Waals surface area contributed by atoms with E-state index in [1.54, 1.807) is 0 Å². The molecular formula is C14H13F3N2O5S. The van der Waals surface area contributed by atoms with Crippen LogP contribution in [0.2, 0.25) is 0 Å². The SMILES string of the molecule is COC(=O)/C=C(/Nc1cc(SC(F)(F)F)cc(C(N)=O)c1)C(=O)OC. The van der Waals surface area contributed by atoms with Gasteiger partial charge in [-0.05, 0) is 30.0 Å². The van der Waals surface area contributed by atoms with Gasteiger partial charge in [0.15, 0.2) is 0 Å². The molecule has 0 aliphatic heterocycles. The van der Waals surface area contributed by atoms with Gasteiger partial charge in [0.25, 0.3) is 0 Å². The quantitative estimate of drug-likeness (QED) is 0.443. The number of anilines is 1. The Kier molecular flexibility index (Phi) is 6.86. The number of alkyl halides is 3. The third kappa shape index (κ3) is 6.75. The molecule has 0 saturated heterocycles. The minimum atomic E-state index is -4.60. The van der Waals surface area contributed by atoms with Crippen molar-refractivity contribution in [1.82, 2.24) is 0 Å². The summed E-state index contributed by atoms with van der Waals surface area (Å²) in [6.45, 7) is 0. The van der Waals surface area contributed by atoms with Crippen LogP contribution >= 0.6 is 11.8 Å². The summed E-state index contributed by atoms with van der Waals surface area (Å²) < 4.78 is 46.5. The van der Waals surface area contributed by atoms with E-state index in [0.29, 0.717) is 0 Å². The predicted octanol–water partition coefficient (Wildman–Crippen LogP) is 2.04. The summed E-state index contributed by atoms with van der Waals surface area (Å²) in [5, 5.41) is 2.41. The summed E-state index contributed by atoms with van der Waals surface area (Å²) >= 11 is -0.469. The number of carbonyl (C=O) groups excluding carboxylic acids is 3. The molecule has 0 heterocycles. The van der Waals surface area contributed by atoms with E-state index >= 15 is 0 Å². The van der Waals surface area contributed by atoms with Crippen LogP contribution in [0.1, 0.15) is 10.4 Å². The average Bonchev–Trinajstić information content (AvgIpc) is 2.51. The van der Waals surface area contributed by atoms with Crippen molar-refractivity contribution in [3.8, 4) is 0 Å². The summed E-state index contributed by atoms with van der Waals surface area (Å²) in [6, 6.07) is 3.10. The van der Waals surface area contributed by atoms with Crippen molar-refractivity contribution in [2.75, 3.05) is 19.5 Å². The molecule has 7 nitrogen and oxygen atoms in total. The fourth-order valence-electron chi connectivity index (χ4n) is 1.59. The minimum absolute atomic E-state index is 0.0800. The number of ether oxygens (including phenoxy) is 2. The van der Waals surface area contributed by atoms with Crippen LogP contribution in [0.5, 0.6) is 0 Å². The van der Waals surface area contributed by atoms with Gasteiger partial charge in [0, 0.05) is 16.1 Å². The molecule has 0 spiro atoms. The molecule has 0 aliphatic carbocycles. The first kappa shape index (κ1) is 20.4. The van der Waals surface area contributed by atoms with E-state index in [1.165, 1.54) is 0 Å². The molecule has 0 atom stereocenters. The number of primary amides is 1. The zero-order valence-electron chi connectivity index (χ0n) is 13.0. The second kappa shape index (κ2) is 8.42. The molecule has 3 N–H and O–H groups in total. The zero-order valence-corrected chi connectivity index (χ0v) is 13.8. The number of hydrogen-bond donors (Lipinski definition) is 2. The molecule has 11 heteroatoms. The molecular weight excluding hydrogens is 365 g/mol. The largest absolute Gasteiger partial charge is 0.466 e. The number of methoxy groups -OCH3 is 2. The maximum Gasteiger partial charge on any atom is 0.446 e. The molecule has 0 fully saturated rings. The second-order valence-electron chi connectivity index (χ2n) is 4.36. The smallest absolute Gasteiger partial charge is 0.446 e. The van der Waals surface area contributed by atoms with Crippen molar-refractivity contribution in [2.45, 2.75) is 10.4 Å². The van der Waals surface area contributed by atoms with Crippen LogP contribution in [0, 0.1) is 0 Å². The normalized spacial score (nSPS) is 11.6. The molecule has 0 aromatic heterocycles. The van der Waals surface area contributed by atoms with Crippen molar-refractivity contribution >= 4 is 35.3 Å². The number of esters is 2. The van der Waals surface area contributed by atoms with Crippen LogP contribution in [0.4, 0.5) is 18.9 Å². The molecule has 1 amide bonds. The van der Waals surface area contributed by atoms with Crippen molar-refractivity contribution in [2.24, 2.45) is 5.73 Å². The Balaban J connectivity index is 3.29. The minimum Gasteiger partial charge on any atom is -0.466 e. The zero-order chi connectivity index (χ0) is 19.2. The van der Waals surface area contributed by atoms with Gasteiger partial charge >= 0.3 is 17.4 Å². The Labute approximate surface area is 144 Å². The van der Waals surface area contributed by atoms with E-state index in [0.717, 1.165) is 38.5 Å². The van der Waals surface area contributed by atoms with Gasteiger partial charge in [-0.3, -0.25) is 4.79 Å². The molecule has 0 bridgehead atoms. The Morgan fingerprint density at radius 2 is 1.80 bits per heavy atom. The topological polar surface area (TPSA) is 108 Å². The number of benzene rings is 1. The monoisotopic (exact) mass is 378 g/mol. The van der Waals surface area contributed by atoms with E-state index in [9.17, 15) is 27.6 Å². The number of thioether (sulfide) groups is 1. The van der Waals surface area contributed by atoms with E-state index < -0.39 is 40.8 Å². The predicted molar refractivity (Wildman–Crippen MR) is 82.6 cm³/mol. The van der Waals surface area contributed by atoms with Crippen molar-refractivity contribution in [3.63, 3.8) is 0 Å². The lowest BCUT2D eigenvalue weighted by Crippen LogP contribution is -2.17. The molecule has 0 aliphatic rings. The molecule has 0 radical (unpaired) electrons. The van der Waals surface area contributed by atoms with E-state index in [4.69, 9.17) is 5.73 Å². The fraction of sp³-hybridized carbons (Fsp3) is 0.214. The molecule has 1 aromatic rings. The van der Waals surface area contributed by atoms with Gasteiger partial charge in [-0.1, -0.05) is 0 Å². The van der Waals surface area contributed by atoms with Gasteiger partial charge in [-0.2, -0.15) is 13.2 Å². The third-order valence-electron chi connectivity index (χ3n) is 2.57. The maximum absolute atomic E-state index is 12.5. The average molecular weight is 378 g/mol. The van der Waals surface area contributed by atoms with Gasteiger partial charge in [0.1, 0.15) is 5.70 Å². The van der Waals surface area contributed by atoms with E-state index in [1.807, 2.05) is 0 Å². The van der Waals surface area contributed by atoms with E-state index in [-0.39, 0.29) is 16.1 Å². The Bertz CT molecular complexity index is 719. The molecule has 0 saturated carbocycles. The highest BCUT2D eigenvalue weighted by atomic mass is 32.2. The Morgan fingerprint density at radius 3 is 2.28 bits per heavy atom. The van der Waals surface area contributed by atoms with Crippen LogP contribution in [0.25, 0.3) is 0 Å². The lowest BCUT2D eigenvalue weighted by Gasteiger charge is -2.12. The van der Waals surface area contributed by atoms with Gasteiger partial charge in [-0.25, -0.2) is 9.59 Å². The highest BCUT2D eigenvalue weighted by Gasteiger charge is 2.30. The van der Waals surface area contributed by atoms with Crippen molar-refractivity contribution < 1.29 is 37.0 Å². The summed E-state index contributed by atoms with van der Waals surface area (Å²) in [4.78, 5) is 33.9. The standard InChI is InChI=1S/C14H13F3N2O5S/c1-23-11(20)6-10(13(22)24-2)19-8-3-7(12(18)21)4-9(5-8)25-14(15,16)17/h3-6,19H,1-2H3,(H2,18,21)/b10-6+. The molecule has 0 unspecified atom stereocenters. The third-order valence-corrected chi connectivity index (χ3v) is 3.28. The van der Waals surface area contributed by atoms with Gasteiger partial charge in [0.05, 0.1) is 20.3 Å². The van der Waals surface area contributed by atoms with E-state index in [2.05, 4.69) is 14.8 Å². The lowest BCUT2D eigenvalue weighted by molar-refractivity contribution is -0.138. The Hall–Kier alpha value is -2.69. The summed E-state index contributed by atoms with van der Waals surface area (Å²) in [5.41, 5.74) is -0.207. The van der Waals surface area contributed by atoms with Crippen LogP contribution in [0.15, 0.2) is 34.9 Å². The first-order chi connectivity index (χ1) is 11.6. The number of nitrogens with two attached hydrogens (primary N) is 1. The Morgan fingerprint density at radius 1 is 1.16 bits per heavy atom. The first-order valence-electron chi connectivity index (χ1n) is 6.41.